The van der Waals surface area contributed by atoms with Gasteiger partial charge >= 0.3 is 0 Å². The summed E-state index contributed by atoms with van der Waals surface area (Å²) < 4.78 is 26.5. The van der Waals surface area contributed by atoms with Gasteiger partial charge in [0.15, 0.2) is 0 Å². The Morgan fingerprint density at radius 3 is 2.15 bits per heavy atom. The number of amides is 1. The minimum Gasteiger partial charge on any atom is -0.345 e. The molecule has 0 aliphatic heterocycles. The van der Waals surface area contributed by atoms with Crippen molar-refractivity contribution >= 4 is 15.9 Å². The summed E-state index contributed by atoms with van der Waals surface area (Å²) >= 11 is 0. The first-order valence-corrected chi connectivity index (χ1v) is 10.9. The second-order valence-corrected chi connectivity index (χ2v) is 8.75. The molecule has 0 bridgehead atoms. The summed E-state index contributed by atoms with van der Waals surface area (Å²) in [5, 5.41) is 3.12. The van der Waals surface area contributed by atoms with E-state index in [2.05, 4.69) is 5.32 Å². The molecule has 1 aliphatic rings. The van der Waals surface area contributed by atoms with Gasteiger partial charge in [-0.2, -0.15) is 4.31 Å². The van der Waals surface area contributed by atoms with E-state index in [1.807, 2.05) is 44.2 Å². The van der Waals surface area contributed by atoms with Gasteiger partial charge < -0.3 is 5.32 Å². The normalized spacial score (nSPS) is 15.5. The summed E-state index contributed by atoms with van der Waals surface area (Å²) in [6, 6.07) is 16.2. The Labute approximate surface area is 161 Å². The Morgan fingerprint density at radius 2 is 1.63 bits per heavy atom. The van der Waals surface area contributed by atoms with Crippen LogP contribution < -0.4 is 5.32 Å². The van der Waals surface area contributed by atoms with E-state index < -0.39 is 10.0 Å². The second kappa shape index (κ2) is 8.23. The van der Waals surface area contributed by atoms with Crippen LogP contribution in [-0.4, -0.2) is 31.7 Å². The average molecular weight is 387 g/mol. The number of carbonyl (C=O) groups excluding carboxylic acids is 1. The highest BCUT2D eigenvalue weighted by atomic mass is 32.2. The van der Waals surface area contributed by atoms with E-state index in [4.69, 9.17) is 0 Å². The summed E-state index contributed by atoms with van der Waals surface area (Å²) in [5.74, 6) is 0.293. The predicted molar refractivity (Wildman–Crippen MR) is 106 cm³/mol. The molecule has 6 heteroatoms. The zero-order valence-electron chi connectivity index (χ0n) is 15.8. The predicted octanol–water partition coefficient (Wildman–Crippen LogP) is 3.60. The fourth-order valence-electron chi connectivity index (χ4n) is 3.28. The van der Waals surface area contributed by atoms with Crippen molar-refractivity contribution in [3.63, 3.8) is 0 Å². The number of nitrogens with one attached hydrogen (secondary N) is 1. The third-order valence-corrected chi connectivity index (χ3v) is 7.06. The third-order valence-electron chi connectivity index (χ3n) is 5.00. The Morgan fingerprint density at radius 1 is 1.04 bits per heavy atom. The van der Waals surface area contributed by atoms with Crippen LogP contribution in [0.2, 0.25) is 0 Å². The van der Waals surface area contributed by atoms with Crippen molar-refractivity contribution in [1.29, 1.82) is 0 Å². The number of hydrogen-bond donors (Lipinski definition) is 1. The molecule has 2 aromatic carbocycles. The van der Waals surface area contributed by atoms with Crippen LogP contribution in [0.3, 0.4) is 0 Å². The van der Waals surface area contributed by atoms with Crippen LogP contribution in [0.4, 0.5) is 0 Å². The maximum absolute atomic E-state index is 12.7. The van der Waals surface area contributed by atoms with E-state index in [9.17, 15) is 13.2 Å². The van der Waals surface area contributed by atoms with Crippen molar-refractivity contribution in [2.75, 3.05) is 13.1 Å². The molecule has 0 aromatic heterocycles. The minimum atomic E-state index is -3.51. The maximum Gasteiger partial charge on any atom is 0.251 e. The molecule has 144 valence electrons. The Balaban J connectivity index is 1.76. The van der Waals surface area contributed by atoms with Gasteiger partial charge in [-0.15, -0.1) is 0 Å². The number of benzene rings is 2. The number of sulfonamides is 1. The van der Waals surface area contributed by atoms with Gasteiger partial charge in [0.2, 0.25) is 10.0 Å². The van der Waals surface area contributed by atoms with Gasteiger partial charge in [0.25, 0.3) is 5.91 Å². The van der Waals surface area contributed by atoms with Gasteiger partial charge in [-0.25, -0.2) is 8.42 Å². The van der Waals surface area contributed by atoms with Gasteiger partial charge in [0, 0.05) is 18.7 Å². The van der Waals surface area contributed by atoms with Crippen molar-refractivity contribution in [2.24, 2.45) is 5.92 Å². The SMILES string of the molecule is CCN(CC)S(=O)(=O)c1ccc(C(=O)NC(c2ccccc2)C2CC2)cc1. The molecule has 0 radical (unpaired) electrons. The fraction of sp³-hybridized carbons (Fsp3) is 0.381. The highest BCUT2D eigenvalue weighted by Crippen LogP contribution is 2.41. The second-order valence-electron chi connectivity index (χ2n) is 6.81. The highest BCUT2D eigenvalue weighted by molar-refractivity contribution is 7.89. The average Bonchev–Trinajstić information content (AvgIpc) is 3.52. The molecule has 1 fully saturated rings. The number of rotatable bonds is 8. The molecule has 3 rings (SSSR count). The summed E-state index contributed by atoms with van der Waals surface area (Å²) in [7, 11) is -3.51. The van der Waals surface area contributed by atoms with E-state index in [0.717, 1.165) is 18.4 Å². The van der Waals surface area contributed by atoms with Crippen LogP contribution in [0.1, 0.15) is 48.7 Å². The summed E-state index contributed by atoms with van der Waals surface area (Å²) in [4.78, 5) is 12.9. The lowest BCUT2D eigenvalue weighted by atomic mass is 10.0. The first-order chi connectivity index (χ1) is 13.0. The summed E-state index contributed by atoms with van der Waals surface area (Å²) in [5.41, 5.74) is 1.57. The lowest BCUT2D eigenvalue weighted by Crippen LogP contribution is -2.31. The molecule has 5 nitrogen and oxygen atoms in total. The quantitative estimate of drug-likeness (QED) is 0.754. The topological polar surface area (TPSA) is 66.5 Å². The first kappa shape index (κ1) is 19.6. The lowest BCUT2D eigenvalue weighted by molar-refractivity contribution is 0.0931. The van der Waals surface area contributed by atoms with Gasteiger partial charge in [0.05, 0.1) is 10.9 Å². The Kier molecular flexibility index (Phi) is 5.97. The maximum atomic E-state index is 12.7. The van der Waals surface area contributed by atoms with E-state index in [-0.39, 0.29) is 16.8 Å². The van der Waals surface area contributed by atoms with Gasteiger partial charge in [-0.3, -0.25) is 4.79 Å². The van der Waals surface area contributed by atoms with Crippen LogP contribution in [0.5, 0.6) is 0 Å². The highest BCUT2D eigenvalue weighted by Gasteiger charge is 2.33. The standard InChI is InChI=1S/C21H26N2O3S/c1-3-23(4-2)27(25,26)19-14-12-18(13-15-19)21(24)22-20(17-10-11-17)16-8-6-5-7-9-16/h5-9,12-15,17,20H,3-4,10-11H2,1-2H3,(H,22,24). The first-order valence-electron chi connectivity index (χ1n) is 9.43. The molecule has 1 unspecified atom stereocenters. The largest absolute Gasteiger partial charge is 0.345 e. The van der Waals surface area contributed by atoms with E-state index in [1.54, 1.807) is 12.1 Å². The van der Waals surface area contributed by atoms with Crippen LogP contribution in [-0.2, 0) is 10.0 Å². The fourth-order valence-corrected chi connectivity index (χ4v) is 4.74. The molecule has 1 amide bonds. The molecule has 0 heterocycles. The number of carbonyl (C=O) groups is 1. The van der Waals surface area contributed by atoms with E-state index in [1.165, 1.54) is 16.4 Å². The molecule has 1 N–H and O–H groups in total. The molecule has 2 aromatic rings. The Bertz CT molecular complexity index is 871. The van der Waals surface area contributed by atoms with Crippen LogP contribution >= 0.6 is 0 Å². The molecule has 27 heavy (non-hydrogen) atoms. The van der Waals surface area contributed by atoms with Crippen molar-refractivity contribution < 1.29 is 13.2 Å². The van der Waals surface area contributed by atoms with Crippen LogP contribution in [0, 0.1) is 5.92 Å². The van der Waals surface area contributed by atoms with Gasteiger partial charge in [0.1, 0.15) is 0 Å². The summed E-state index contributed by atoms with van der Waals surface area (Å²) in [6.45, 7) is 4.46. The molecule has 1 saturated carbocycles. The molecular formula is C21H26N2O3S. The van der Waals surface area contributed by atoms with Crippen LogP contribution in [0.25, 0.3) is 0 Å². The zero-order valence-corrected chi connectivity index (χ0v) is 16.6. The molecule has 0 spiro atoms. The van der Waals surface area contributed by atoms with Crippen LogP contribution in [0.15, 0.2) is 59.5 Å². The smallest absolute Gasteiger partial charge is 0.251 e. The van der Waals surface area contributed by atoms with Crippen molar-refractivity contribution in [1.82, 2.24) is 9.62 Å². The van der Waals surface area contributed by atoms with Crippen molar-refractivity contribution in [2.45, 2.75) is 37.6 Å². The number of nitrogens with zero attached hydrogens (tertiary/aromatic N) is 1. The molecule has 1 atom stereocenters. The molecule has 0 saturated heterocycles. The molecular weight excluding hydrogens is 360 g/mol. The van der Waals surface area contributed by atoms with Crippen molar-refractivity contribution in [3.8, 4) is 0 Å². The Hall–Kier alpha value is -2.18. The van der Waals surface area contributed by atoms with Gasteiger partial charge in [-0.05, 0) is 48.6 Å². The van der Waals surface area contributed by atoms with Crippen molar-refractivity contribution in [3.05, 3.63) is 65.7 Å². The zero-order chi connectivity index (χ0) is 19.4. The minimum absolute atomic E-state index is 0.00205. The van der Waals surface area contributed by atoms with E-state index >= 15 is 0 Å². The number of hydrogen-bond acceptors (Lipinski definition) is 3. The summed E-state index contributed by atoms with van der Waals surface area (Å²) in [6.07, 6.45) is 2.22. The van der Waals surface area contributed by atoms with Gasteiger partial charge in [-0.1, -0.05) is 44.2 Å². The molecule has 1 aliphatic carbocycles. The third kappa shape index (κ3) is 4.39. The monoisotopic (exact) mass is 386 g/mol. The lowest BCUT2D eigenvalue weighted by Gasteiger charge is -2.20. The van der Waals surface area contributed by atoms with E-state index in [0.29, 0.717) is 24.6 Å².